The fourth-order valence-corrected chi connectivity index (χ4v) is 3.17. The van der Waals surface area contributed by atoms with Crippen molar-refractivity contribution < 1.29 is 19.2 Å². The Balaban J connectivity index is 1.87. The lowest BCUT2D eigenvalue weighted by molar-refractivity contribution is -0.384. The van der Waals surface area contributed by atoms with Gasteiger partial charge in [0.15, 0.2) is 10.8 Å². The molecule has 0 aliphatic heterocycles. The summed E-state index contributed by atoms with van der Waals surface area (Å²) < 4.78 is 9.31. The number of hydrogen-bond donors (Lipinski definition) is 1. The molecule has 0 saturated heterocycles. The first-order valence-corrected chi connectivity index (χ1v) is 9.07. The average Bonchev–Trinajstić information content (AvgIpc) is 3.10. The van der Waals surface area contributed by atoms with Crippen molar-refractivity contribution in [2.24, 2.45) is 10.2 Å². The van der Waals surface area contributed by atoms with Crippen LogP contribution in [0.15, 0.2) is 52.7 Å². The van der Waals surface area contributed by atoms with Crippen molar-refractivity contribution in [2.45, 2.75) is 13.0 Å². The third-order valence-electron chi connectivity index (χ3n) is 3.91. The molecule has 0 radical (unpaired) electrons. The van der Waals surface area contributed by atoms with Crippen molar-refractivity contribution in [3.05, 3.63) is 52.6 Å². The number of nitrogens with one attached hydrogen (secondary N) is 1. The number of non-ortho nitro benzene ring substituents is 1. The molecule has 148 valence electrons. The molecule has 1 atom stereocenters. The molecule has 10 nitrogen and oxygen atoms in total. The molecule has 0 aliphatic carbocycles. The first-order chi connectivity index (χ1) is 13.9. The van der Waals surface area contributed by atoms with Gasteiger partial charge in [-0.25, -0.2) is 0 Å². The number of azo groups is 1. The van der Waals surface area contributed by atoms with Gasteiger partial charge in [-0.15, -0.1) is 5.11 Å². The van der Waals surface area contributed by atoms with Crippen molar-refractivity contribution in [1.29, 1.82) is 0 Å². The Labute approximate surface area is 168 Å². The van der Waals surface area contributed by atoms with E-state index >= 15 is 0 Å². The minimum Gasteiger partial charge on any atom is -0.495 e. The summed E-state index contributed by atoms with van der Waals surface area (Å²) >= 11 is 0.963. The molecule has 1 heterocycles. The van der Waals surface area contributed by atoms with Gasteiger partial charge in [0, 0.05) is 17.5 Å². The van der Waals surface area contributed by atoms with Gasteiger partial charge >= 0.3 is 0 Å². The number of Topliss-reactive ketones (excluding diaryl/α,β-unsaturated/α-hetero) is 1. The highest BCUT2D eigenvalue weighted by Gasteiger charge is 2.24. The van der Waals surface area contributed by atoms with Gasteiger partial charge in [0.2, 0.25) is 6.04 Å². The minimum absolute atomic E-state index is 0.119. The molecule has 1 unspecified atom stereocenters. The van der Waals surface area contributed by atoms with Crippen LogP contribution in [-0.4, -0.2) is 34.1 Å². The fraction of sp³-hybridized carbons (Fsp3) is 0.167. The molecule has 1 aromatic heterocycles. The van der Waals surface area contributed by atoms with Gasteiger partial charge in [-0.3, -0.25) is 19.7 Å². The normalized spacial score (nSPS) is 12.1. The summed E-state index contributed by atoms with van der Waals surface area (Å²) in [5.41, 5.74) is 0.777. The summed E-state index contributed by atoms with van der Waals surface area (Å²) in [5, 5.41) is 22.1. The summed E-state index contributed by atoms with van der Waals surface area (Å²) in [4.78, 5) is 34.9. The number of nitro benzene ring substituents is 1. The molecule has 29 heavy (non-hydrogen) atoms. The first-order valence-electron chi connectivity index (χ1n) is 8.29. The van der Waals surface area contributed by atoms with Gasteiger partial charge in [-0.2, -0.15) is 9.49 Å². The molecule has 2 aromatic carbocycles. The van der Waals surface area contributed by atoms with Crippen LogP contribution in [0.2, 0.25) is 0 Å². The highest BCUT2D eigenvalue weighted by Crippen LogP contribution is 2.33. The lowest BCUT2D eigenvalue weighted by Crippen LogP contribution is -2.31. The zero-order valence-corrected chi connectivity index (χ0v) is 16.2. The highest BCUT2D eigenvalue weighted by molar-refractivity contribution is 7.11. The number of aromatic nitrogens is 1. The molecule has 1 amide bonds. The van der Waals surface area contributed by atoms with Crippen LogP contribution in [0.3, 0.4) is 0 Å². The second-order valence-electron chi connectivity index (χ2n) is 5.86. The SMILES string of the molecule is COc1ccccc1NC(=O)C(N=Nc1snc2ccc([N+](=O)[O-])cc12)C(C)=O. The number of nitro groups is 1. The van der Waals surface area contributed by atoms with Crippen LogP contribution in [0.25, 0.3) is 10.9 Å². The van der Waals surface area contributed by atoms with Crippen molar-refractivity contribution in [2.75, 3.05) is 12.4 Å². The Hall–Kier alpha value is -3.73. The minimum atomic E-state index is -1.39. The molecule has 1 N–H and O–H groups in total. The number of para-hydroxylation sites is 2. The third-order valence-corrected chi connectivity index (χ3v) is 4.68. The van der Waals surface area contributed by atoms with Crippen molar-refractivity contribution in [1.82, 2.24) is 4.37 Å². The Kier molecular flexibility index (Phi) is 5.88. The van der Waals surface area contributed by atoms with E-state index in [0.29, 0.717) is 22.3 Å². The summed E-state index contributed by atoms with van der Waals surface area (Å²) in [6.07, 6.45) is 0. The predicted molar refractivity (Wildman–Crippen MR) is 107 cm³/mol. The van der Waals surface area contributed by atoms with Gasteiger partial charge in [-0.1, -0.05) is 12.1 Å². The van der Waals surface area contributed by atoms with E-state index in [0.717, 1.165) is 11.5 Å². The van der Waals surface area contributed by atoms with E-state index in [1.165, 1.54) is 32.2 Å². The molecule has 3 aromatic rings. The molecule has 0 spiro atoms. The van der Waals surface area contributed by atoms with E-state index in [1.54, 1.807) is 24.3 Å². The number of ether oxygens (including phenoxy) is 1. The Bertz CT molecular complexity index is 1130. The lowest BCUT2D eigenvalue weighted by Gasteiger charge is -2.12. The number of benzene rings is 2. The molecule has 0 fully saturated rings. The molecule has 11 heteroatoms. The zero-order chi connectivity index (χ0) is 21.0. The van der Waals surface area contributed by atoms with Crippen molar-refractivity contribution in [3.8, 4) is 5.75 Å². The van der Waals surface area contributed by atoms with Gasteiger partial charge in [0.05, 0.1) is 23.2 Å². The van der Waals surface area contributed by atoms with Crippen LogP contribution < -0.4 is 10.1 Å². The summed E-state index contributed by atoms with van der Waals surface area (Å²) in [7, 11) is 1.46. The number of carbonyl (C=O) groups excluding carboxylic acids is 2. The van der Waals surface area contributed by atoms with E-state index in [4.69, 9.17) is 4.74 Å². The number of ketones is 1. The van der Waals surface area contributed by atoms with E-state index in [1.807, 2.05) is 0 Å². The quantitative estimate of drug-likeness (QED) is 0.270. The fourth-order valence-electron chi connectivity index (χ4n) is 2.48. The number of rotatable bonds is 7. The Morgan fingerprint density at radius 1 is 1.28 bits per heavy atom. The predicted octanol–water partition coefficient (Wildman–Crippen LogP) is 3.89. The van der Waals surface area contributed by atoms with Crippen LogP contribution in [0.4, 0.5) is 16.4 Å². The van der Waals surface area contributed by atoms with Gasteiger partial charge < -0.3 is 10.1 Å². The highest BCUT2D eigenvalue weighted by atomic mass is 32.1. The number of carbonyl (C=O) groups is 2. The number of hydrogen-bond acceptors (Lipinski definition) is 9. The van der Waals surface area contributed by atoms with Crippen LogP contribution in [0, 0.1) is 10.1 Å². The molecular weight excluding hydrogens is 398 g/mol. The van der Waals surface area contributed by atoms with Crippen LogP contribution in [-0.2, 0) is 9.59 Å². The largest absolute Gasteiger partial charge is 0.495 e. The van der Waals surface area contributed by atoms with Gasteiger partial charge in [0.1, 0.15) is 5.75 Å². The van der Waals surface area contributed by atoms with Gasteiger partial charge in [-0.05, 0) is 36.7 Å². The van der Waals surface area contributed by atoms with E-state index in [9.17, 15) is 19.7 Å². The molecule has 0 saturated carbocycles. The second kappa shape index (κ2) is 8.52. The van der Waals surface area contributed by atoms with E-state index in [2.05, 4.69) is 19.9 Å². The van der Waals surface area contributed by atoms with E-state index in [-0.39, 0.29) is 10.7 Å². The standard InChI is InChI=1S/C18H15N5O5S/c1-10(24)16(17(25)19-14-5-3-4-6-15(14)28-2)20-21-18-12-9-11(23(26)27)7-8-13(12)22-29-18/h3-9,16H,1-2H3,(H,19,25). The average molecular weight is 413 g/mol. The zero-order valence-electron chi connectivity index (χ0n) is 15.4. The summed E-state index contributed by atoms with van der Waals surface area (Å²) in [6, 6.07) is 9.50. The summed E-state index contributed by atoms with van der Waals surface area (Å²) in [6.45, 7) is 1.22. The van der Waals surface area contributed by atoms with Crippen molar-refractivity contribution >= 4 is 50.5 Å². The lowest BCUT2D eigenvalue weighted by atomic mass is 10.2. The third kappa shape index (κ3) is 4.41. The topological polar surface area (TPSA) is 136 Å². The number of fused-ring (bicyclic) bond motifs is 1. The van der Waals surface area contributed by atoms with Crippen molar-refractivity contribution in [3.63, 3.8) is 0 Å². The maximum Gasteiger partial charge on any atom is 0.270 e. The first kappa shape index (κ1) is 20.0. The monoisotopic (exact) mass is 413 g/mol. The Morgan fingerprint density at radius 3 is 2.72 bits per heavy atom. The molecule has 0 aliphatic rings. The van der Waals surface area contributed by atoms with Crippen LogP contribution in [0.1, 0.15) is 6.92 Å². The van der Waals surface area contributed by atoms with Gasteiger partial charge in [0.25, 0.3) is 11.6 Å². The molecule has 0 bridgehead atoms. The summed E-state index contributed by atoms with van der Waals surface area (Å²) in [5.74, 6) is -0.757. The second-order valence-corrected chi connectivity index (χ2v) is 6.62. The number of nitrogens with zero attached hydrogens (tertiary/aromatic N) is 4. The van der Waals surface area contributed by atoms with E-state index < -0.39 is 22.7 Å². The maximum atomic E-state index is 12.5. The van der Waals surface area contributed by atoms with Crippen LogP contribution >= 0.6 is 11.5 Å². The molecular formula is C18H15N5O5S. The number of amides is 1. The molecule has 3 rings (SSSR count). The number of anilines is 1. The smallest absolute Gasteiger partial charge is 0.270 e. The number of methoxy groups -OCH3 is 1. The Morgan fingerprint density at radius 2 is 2.03 bits per heavy atom. The maximum absolute atomic E-state index is 12.5. The van der Waals surface area contributed by atoms with Crippen LogP contribution in [0.5, 0.6) is 5.75 Å².